The van der Waals surface area contributed by atoms with E-state index in [1.807, 2.05) is 0 Å². The minimum atomic E-state index is -4.40. The van der Waals surface area contributed by atoms with E-state index in [0.717, 1.165) is 12.1 Å². The van der Waals surface area contributed by atoms with Crippen molar-refractivity contribution >= 4 is 6.09 Å². The second kappa shape index (κ2) is 3.65. The first-order valence-electron chi connectivity index (χ1n) is 5.00. The van der Waals surface area contributed by atoms with Crippen LogP contribution in [-0.2, 0) is 16.5 Å². The fourth-order valence-electron chi connectivity index (χ4n) is 1.73. The van der Waals surface area contributed by atoms with Gasteiger partial charge in [-0.2, -0.15) is 13.2 Å². The minimum absolute atomic E-state index is 0.339. The highest BCUT2D eigenvalue weighted by molar-refractivity contribution is 5.66. The molecule has 1 aliphatic rings. The number of benzene rings is 1. The van der Waals surface area contributed by atoms with Crippen molar-refractivity contribution in [3.63, 3.8) is 0 Å². The molecule has 0 saturated heterocycles. The number of hydrogen-bond donors (Lipinski definition) is 1. The highest BCUT2D eigenvalue weighted by atomic mass is 19.4. The molecule has 2 N–H and O–H groups in total. The van der Waals surface area contributed by atoms with Gasteiger partial charge in [0.1, 0.15) is 5.60 Å². The number of rotatable bonds is 2. The summed E-state index contributed by atoms with van der Waals surface area (Å²) in [6, 6.07) is 4.77. The average Bonchev–Trinajstić information content (AvgIpc) is 2.97. The Morgan fingerprint density at radius 2 is 2.00 bits per heavy atom. The fourth-order valence-corrected chi connectivity index (χ4v) is 1.73. The van der Waals surface area contributed by atoms with E-state index in [0.29, 0.717) is 18.4 Å². The Morgan fingerprint density at radius 3 is 2.47 bits per heavy atom. The van der Waals surface area contributed by atoms with Gasteiger partial charge in [-0.1, -0.05) is 12.1 Å². The monoisotopic (exact) mass is 245 g/mol. The van der Waals surface area contributed by atoms with Crippen LogP contribution < -0.4 is 5.73 Å². The average molecular weight is 245 g/mol. The van der Waals surface area contributed by atoms with Gasteiger partial charge in [-0.3, -0.25) is 0 Å². The van der Waals surface area contributed by atoms with Gasteiger partial charge in [-0.05, 0) is 30.5 Å². The van der Waals surface area contributed by atoms with Crippen molar-refractivity contribution in [3.8, 4) is 0 Å². The number of nitrogens with two attached hydrogens (primary N) is 1. The maximum absolute atomic E-state index is 12.5. The molecule has 1 aliphatic carbocycles. The Balaban J connectivity index is 2.31. The third-order valence-electron chi connectivity index (χ3n) is 2.72. The molecule has 1 saturated carbocycles. The third-order valence-corrected chi connectivity index (χ3v) is 2.72. The van der Waals surface area contributed by atoms with Gasteiger partial charge in [0, 0.05) is 0 Å². The zero-order chi connectivity index (χ0) is 12.7. The van der Waals surface area contributed by atoms with E-state index in [4.69, 9.17) is 10.5 Å². The van der Waals surface area contributed by atoms with E-state index in [9.17, 15) is 18.0 Å². The zero-order valence-corrected chi connectivity index (χ0v) is 8.75. The molecule has 0 unspecified atom stereocenters. The summed E-state index contributed by atoms with van der Waals surface area (Å²) in [4.78, 5) is 10.7. The van der Waals surface area contributed by atoms with Crippen LogP contribution in [0, 0.1) is 0 Å². The van der Waals surface area contributed by atoms with Crippen molar-refractivity contribution < 1.29 is 22.7 Å². The van der Waals surface area contributed by atoms with Gasteiger partial charge in [0.2, 0.25) is 0 Å². The molecule has 0 spiro atoms. The van der Waals surface area contributed by atoms with E-state index in [1.54, 1.807) is 0 Å². The van der Waals surface area contributed by atoms with Crippen LogP contribution in [0.1, 0.15) is 24.0 Å². The van der Waals surface area contributed by atoms with Gasteiger partial charge in [-0.15, -0.1) is 0 Å². The van der Waals surface area contributed by atoms with Crippen molar-refractivity contribution in [2.75, 3.05) is 0 Å². The Morgan fingerprint density at radius 1 is 1.35 bits per heavy atom. The number of amides is 1. The van der Waals surface area contributed by atoms with Gasteiger partial charge in [-0.25, -0.2) is 4.79 Å². The van der Waals surface area contributed by atoms with Crippen LogP contribution in [0.25, 0.3) is 0 Å². The Hall–Kier alpha value is -1.72. The normalized spacial score (nSPS) is 17.6. The van der Waals surface area contributed by atoms with Crippen LogP contribution >= 0.6 is 0 Å². The maximum atomic E-state index is 12.5. The number of primary amides is 1. The summed E-state index contributed by atoms with van der Waals surface area (Å²) in [6.07, 6.45) is -4.38. The lowest BCUT2D eigenvalue weighted by Gasteiger charge is -2.17. The molecule has 1 amide bonds. The quantitative estimate of drug-likeness (QED) is 0.870. The van der Waals surface area contributed by atoms with E-state index < -0.39 is 23.4 Å². The van der Waals surface area contributed by atoms with Crippen molar-refractivity contribution in [2.45, 2.75) is 24.6 Å². The summed E-state index contributed by atoms with van der Waals surface area (Å²) in [6.45, 7) is 0. The SMILES string of the molecule is NC(=O)OC1(c2cccc(C(F)(F)F)c2)CC1. The summed E-state index contributed by atoms with van der Waals surface area (Å²) in [5.74, 6) is 0. The molecular formula is C11H10F3NO2. The van der Waals surface area contributed by atoms with Crippen LogP contribution in [0.3, 0.4) is 0 Å². The highest BCUT2D eigenvalue weighted by Gasteiger charge is 2.49. The molecule has 92 valence electrons. The number of carbonyl (C=O) groups excluding carboxylic acids is 1. The largest absolute Gasteiger partial charge is 0.438 e. The molecule has 6 heteroatoms. The lowest BCUT2D eigenvalue weighted by molar-refractivity contribution is -0.137. The summed E-state index contributed by atoms with van der Waals surface area (Å²) in [5.41, 5.74) is 3.53. The van der Waals surface area contributed by atoms with Crippen molar-refractivity contribution in [1.29, 1.82) is 0 Å². The predicted octanol–water partition coefficient (Wildman–Crippen LogP) is 2.79. The number of carbonyl (C=O) groups is 1. The van der Waals surface area contributed by atoms with Crippen LogP contribution in [0.2, 0.25) is 0 Å². The van der Waals surface area contributed by atoms with Crippen molar-refractivity contribution in [2.24, 2.45) is 5.73 Å². The van der Waals surface area contributed by atoms with Gasteiger partial charge in [0.05, 0.1) is 5.56 Å². The van der Waals surface area contributed by atoms with E-state index in [2.05, 4.69) is 0 Å². The summed E-state index contributed by atoms with van der Waals surface area (Å²) in [5, 5.41) is 0. The standard InChI is InChI=1S/C11H10F3NO2/c12-11(13,14)8-3-1-2-7(6-8)10(4-5-10)17-9(15)16/h1-3,6H,4-5H2,(H2,15,16). The van der Waals surface area contributed by atoms with E-state index in [-0.39, 0.29) is 0 Å². The molecule has 0 radical (unpaired) electrons. The lowest BCUT2D eigenvalue weighted by atomic mass is 10.0. The molecule has 0 atom stereocenters. The Bertz CT molecular complexity index is 452. The van der Waals surface area contributed by atoms with Gasteiger partial charge >= 0.3 is 12.3 Å². The molecular weight excluding hydrogens is 235 g/mol. The fraction of sp³-hybridized carbons (Fsp3) is 0.364. The first kappa shape index (κ1) is 11.8. The second-order valence-electron chi connectivity index (χ2n) is 3.99. The molecule has 2 rings (SSSR count). The van der Waals surface area contributed by atoms with Crippen molar-refractivity contribution in [3.05, 3.63) is 35.4 Å². The first-order valence-corrected chi connectivity index (χ1v) is 5.00. The van der Waals surface area contributed by atoms with Crippen LogP contribution in [0.15, 0.2) is 24.3 Å². The third kappa shape index (κ3) is 2.35. The Kier molecular flexibility index (Phi) is 2.52. The van der Waals surface area contributed by atoms with Crippen LogP contribution in [-0.4, -0.2) is 6.09 Å². The topological polar surface area (TPSA) is 52.3 Å². The molecule has 17 heavy (non-hydrogen) atoms. The lowest BCUT2D eigenvalue weighted by Crippen LogP contribution is -2.22. The predicted molar refractivity (Wildman–Crippen MR) is 53.0 cm³/mol. The molecule has 1 fully saturated rings. The summed E-state index contributed by atoms with van der Waals surface area (Å²) < 4.78 is 42.4. The van der Waals surface area contributed by atoms with E-state index in [1.165, 1.54) is 12.1 Å². The number of halogens is 3. The second-order valence-corrected chi connectivity index (χ2v) is 3.99. The van der Waals surface area contributed by atoms with Crippen LogP contribution in [0.4, 0.5) is 18.0 Å². The number of hydrogen-bond acceptors (Lipinski definition) is 2. The maximum Gasteiger partial charge on any atom is 0.416 e. The minimum Gasteiger partial charge on any atom is -0.438 e. The first-order chi connectivity index (χ1) is 7.83. The van der Waals surface area contributed by atoms with Gasteiger partial charge < -0.3 is 10.5 Å². The molecule has 1 aromatic carbocycles. The van der Waals surface area contributed by atoms with Gasteiger partial charge in [0.25, 0.3) is 0 Å². The molecule has 0 bridgehead atoms. The molecule has 0 aliphatic heterocycles. The van der Waals surface area contributed by atoms with Crippen molar-refractivity contribution in [1.82, 2.24) is 0 Å². The van der Waals surface area contributed by atoms with Crippen LogP contribution in [0.5, 0.6) is 0 Å². The zero-order valence-electron chi connectivity index (χ0n) is 8.75. The summed E-state index contributed by atoms with van der Waals surface area (Å²) in [7, 11) is 0. The summed E-state index contributed by atoms with van der Waals surface area (Å²) >= 11 is 0. The highest BCUT2D eigenvalue weighted by Crippen LogP contribution is 2.50. The molecule has 1 aromatic rings. The number of alkyl halides is 3. The smallest absolute Gasteiger partial charge is 0.416 e. The Labute approximate surface area is 95.4 Å². The molecule has 0 heterocycles. The molecule has 0 aromatic heterocycles. The number of ether oxygens (including phenoxy) is 1. The molecule has 3 nitrogen and oxygen atoms in total. The van der Waals surface area contributed by atoms with Gasteiger partial charge in [0.15, 0.2) is 0 Å². The van der Waals surface area contributed by atoms with E-state index >= 15 is 0 Å².